The van der Waals surface area contributed by atoms with E-state index in [4.69, 9.17) is 0 Å². The van der Waals surface area contributed by atoms with Crippen LogP contribution in [0.4, 0.5) is 11.4 Å². The van der Waals surface area contributed by atoms with Gasteiger partial charge >= 0.3 is 0 Å². The zero-order valence-corrected chi connectivity index (χ0v) is 16.8. The number of non-ortho nitro benzene ring substituents is 1. The van der Waals surface area contributed by atoms with Crippen LogP contribution >= 0.6 is 0 Å². The van der Waals surface area contributed by atoms with E-state index in [0.717, 1.165) is 4.90 Å². The van der Waals surface area contributed by atoms with Crippen LogP contribution in [-0.2, 0) is 14.8 Å². The van der Waals surface area contributed by atoms with Gasteiger partial charge in [-0.25, -0.2) is 8.42 Å². The monoisotopic (exact) mass is 419 g/mol. The highest BCUT2D eigenvalue weighted by Gasteiger charge is 2.34. The van der Waals surface area contributed by atoms with Gasteiger partial charge in [-0.3, -0.25) is 14.9 Å². The first-order valence-electron chi connectivity index (χ1n) is 9.24. The van der Waals surface area contributed by atoms with E-state index in [9.17, 15) is 23.3 Å². The Morgan fingerprint density at radius 1 is 1.14 bits per heavy atom. The van der Waals surface area contributed by atoms with Gasteiger partial charge in [0.05, 0.1) is 36.0 Å². The molecular formula is C19H23N4O5S+. The van der Waals surface area contributed by atoms with Crippen molar-refractivity contribution in [2.45, 2.75) is 17.9 Å². The van der Waals surface area contributed by atoms with Crippen LogP contribution in [0.5, 0.6) is 0 Å². The minimum absolute atomic E-state index is 0.0949. The normalized spacial score (nSPS) is 16.9. The fourth-order valence-corrected chi connectivity index (χ4v) is 4.78. The molecule has 0 bridgehead atoms. The lowest BCUT2D eigenvalue weighted by Crippen LogP contribution is -3.19. The summed E-state index contributed by atoms with van der Waals surface area (Å²) in [6, 6.07) is 13.6. The number of benzene rings is 2. The Balaban J connectivity index is 1.60. The fraction of sp³-hybridized carbons (Fsp3) is 0.316. The zero-order valence-electron chi connectivity index (χ0n) is 15.9. The third-order valence-corrected chi connectivity index (χ3v) is 6.99. The SMILES string of the molecule is C[C@@H](C(=O)Nc1cccc([N+](=O)[O-])c1)[NH+]1CCN(S(=O)(=O)c2ccccc2)CC1. The molecule has 29 heavy (non-hydrogen) atoms. The van der Waals surface area contributed by atoms with Gasteiger partial charge in [-0.1, -0.05) is 24.3 Å². The summed E-state index contributed by atoms with van der Waals surface area (Å²) in [5.74, 6) is -0.264. The zero-order chi connectivity index (χ0) is 21.0. The van der Waals surface area contributed by atoms with Crippen LogP contribution in [0.15, 0.2) is 59.5 Å². The van der Waals surface area contributed by atoms with E-state index >= 15 is 0 Å². The second kappa shape index (κ2) is 8.68. The number of hydrogen-bond donors (Lipinski definition) is 2. The molecule has 1 fully saturated rings. The van der Waals surface area contributed by atoms with Crippen LogP contribution < -0.4 is 10.2 Å². The van der Waals surface area contributed by atoms with Gasteiger partial charge in [0.15, 0.2) is 6.04 Å². The van der Waals surface area contributed by atoms with Crippen molar-refractivity contribution in [1.82, 2.24) is 4.31 Å². The summed E-state index contributed by atoms with van der Waals surface area (Å²) in [5, 5.41) is 13.6. The van der Waals surface area contributed by atoms with Crippen LogP contribution in [-0.4, -0.2) is 55.8 Å². The quantitative estimate of drug-likeness (QED) is 0.523. The first kappa shape index (κ1) is 20.9. The number of nitro groups is 1. The molecule has 1 heterocycles. The average molecular weight is 419 g/mol. The van der Waals surface area contributed by atoms with Crippen molar-refractivity contribution < 1.29 is 23.0 Å². The highest BCUT2D eigenvalue weighted by Crippen LogP contribution is 2.17. The molecule has 1 atom stereocenters. The maximum Gasteiger partial charge on any atom is 0.282 e. The van der Waals surface area contributed by atoms with Gasteiger partial charge in [0, 0.05) is 17.8 Å². The third-order valence-electron chi connectivity index (χ3n) is 5.08. The molecule has 1 aliphatic rings. The van der Waals surface area contributed by atoms with E-state index in [-0.39, 0.29) is 16.5 Å². The minimum atomic E-state index is -3.54. The summed E-state index contributed by atoms with van der Waals surface area (Å²) in [6.07, 6.45) is 0. The molecule has 154 valence electrons. The Morgan fingerprint density at radius 3 is 2.41 bits per heavy atom. The number of sulfonamides is 1. The van der Waals surface area contributed by atoms with Crippen molar-refractivity contribution in [3.05, 3.63) is 64.7 Å². The lowest BCUT2D eigenvalue weighted by molar-refractivity contribution is -0.917. The van der Waals surface area contributed by atoms with Crippen molar-refractivity contribution in [3.63, 3.8) is 0 Å². The highest BCUT2D eigenvalue weighted by molar-refractivity contribution is 7.89. The number of carbonyl (C=O) groups excluding carboxylic acids is 1. The van der Waals surface area contributed by atoms with Crippen molar-refractivity contribution >= 4 is 27.3 Å². The molecule has 0 saturated carbocycles. The van der Waals surface area contributed by atoms with Gasteiger partial charge in [-0.2, -0.15) is 4.31 Å². The lowest BCUT2D eigenvalue weighted by Gasteiger charge is -2.34. The standard InChI is InChI=1S/C19H22N4O5S/c1-15(19(24)20-16-6-5-7-17(14-16)23(25)26)21-10-12-22(13-11-21)29(27,28)18-8-3-2-4-9-18/h2-9,14-15H,10-13H2,1H3,(H,20,24)/p+1/t15-/m0/s1. The molecule has 1 amide bonds. The van der Waals surface area contributed by atoms with Gasteiger partial charge < -0.3 is 10.2 Å². The average Bonchev–Trinajstić information content (AvgIpc) is 2.74. The maximum atomic E-state index is 12.7. The van der Waals surface area contributed by atoms with Gasteiger partial charge in [0.25, 0.3) is 11.6 Å². The van der Waals surface area contributed by atoms with E-state index in [1.165, 1.54) is 22.5 Å². The van der Waals surface area contributed by atoms with Crippen LogP contribution in [0.25, 0.3) is 0 Å². The molecule has 0 spiro atoms. The Morgan fingerprint density at radius 2 is 1.79 bits per heavy atom. The molecule has 9 nitrogen and oxygen atoms in total. The number of nitrogens with zero attached hydrogens (tertiary/aromatic N) is 2. The molecule has 0 aliphatic carbocycles. The Bertz CT molecular complexity index is 989. The van der Waals surface area contributed by atoms with Crippen LogP contribution in [0, 0.1) is 10.1 Å². The summed E-state index contributed by atoms with van der Waals surface area (Å²) in [7, 11) is -3.54. The predicted molar refractivity (Wildman–Crippen MR) is 107 cm³/mol. The molecule has 2 N–H and O–H groups in total. The number of carbonyl (C=O) groups is 1. The Labute approximate surface area is 169 Å². The summed E-state index contributed by atoms with van der Waals surface area (Å²) >= 11 is 0. The lowest BCUT2D eigenvalue weighted by atomic mass is 10.2. The highest BCUT2D eigenvalue weighted by atomic mass is 32.2. The number of piperazine rings is 1. The van der Waals surface area contributed by atoms with Crippen molar-refractivity contribution in [2.24, 2.45) is 0 Å². The molecule has 0 aromatic heterocycles. The number of quaternary nitrogens is 1. The topological polar surface area (TPSA) is 114 Å². The third kappa shape index (κ3) is 4.78. The van der Waals surface area contributed by atoms with E-state index in [0.29, 0.717) is 31.9 Å². The van der Waals surface area contributed by atoms with Gasteiger partial charge in [0.1, 0.15) is 0 Å². The van der Waals surface area contributed by atoms with Crippen LogP contribution in [0.3, 0.4) is 0 Å². The summed E-state index contributed by atoms with van der Waals surface area (Å²) in [6.45, 7) is 3.40. The molecule has 0 unspecified atom stereocenters. The van der Waals surface area contributed by atoms with Crippen molar-refractivity contribution in [3.8, 4) is 0 Å². The Hall–Kier alpha value is -2.82. The smallest absolute Gasteiger partial charge is 0.282 e. The first-order valence-corrected chi connectivity index (χ1v) is 10.7. The molecule has 1 aliphatic heterocycles. The molecule has 2 aromatic rings. The molecule has 10 heteroatoms. The Kier molecular flexibility index (Phi) is 6.26. The second-order valence-corrected chi connectivity index (χ2v) is 8.83. The van der Waals surface area contributed by atoms with Gasteiger partial charge in [-0.05, 0) is 25.1 Å². The van der Waals surface area contributed by atoms with Crippen LogP contribution in [0.2, 0.25) is 0 Å². The maximum absolute atomic E-state index is 12.7. The summed E-state index contributed by atoms with van der Waals surface area (Å²) < 4.78 is 26.9. The van der Waals surface area contributed by atoms with Gasteiger partial charge in [-0.15, -0.1) is 0 Å². The largest absolute Gasteiger partial charge is 0.323 e. The number of amides is 1. The predicted octanol–water partition coefficient (Wildman–Crippen LogP) is 0.511. The molecule has 2 aromatic carbocycles. The van der Waals surface area contributed by atoms with Crippen molar-refractivity contribution in [1.29, 1.82) is 0 Å². The van der Waals surface area contributed by atoms with E-state index in [1.807, 2.05) is 0 Å². The number of nitrogens with one attached hydrogen (secondary N) is 2. The van der Waals surface area contributed by atoms with E-state index < -0.39 is 21.0 Å². The number of nitro benzene ring substituents is 1. The number of anilines is 1. The van der Waals surface area contributed by atoms with E-state index in [1.54, 1.807) is 43.3 Å². The molecule has 0 radical (unpaired) electrons. The minimum Gasteiger partial charge on any atom is -0.323 e. The molecule has 1 saturated heterocycles. The van der Waals surface area contributed by atoms with E-state index in [2.05, 4.69) is 5.32 Å². The molecule has 3 rings (SSSR count). The number of rotatable bonds is 6. The second-order valence-electron chi connectivity index (χ2n) is 6.89. The van der Waals surface area contributed by atoms with Crippen LogP contribution in [0.1, 0.15) is 6.92 Å². The number of hydrogen-bond acceptors (Lipinski definition) is 5. The summed E-state index contributed by atoms with van der Waals surface area (Å²) in [4.78, 5) is 24.1. The van der Waals surface area contributed by atoms with Gasteiger partial charge in [0.2, 0.25) is 10.0 Å². The summed E-state index contributed by atoms with van der Waals surface area (Å²) in [5.41, 5.74) is 0.267. The fourth-order valence-electron chi connectivity index (χ4n) is 3.32. The van der Waals surface area contributed by atoms with Crippen molar-refractivity contribution in [2.75, 3.05) is 31.5 Å². The first-order chi connectivity index (χ1) is 13.8. The molecular weight excluding hydrogens is 396 g/mol.